The number of nitrogens with zero attached hydrogens (tertiary/aromatic N) is 1. The maximum absolute atomic E-state index is 11.3. The number of hydrogen-bond acceptors (Lipinski definition) is 4. The molecule has 3 N–H and O–H groups in total. The SMILES string of the molecule is O=c1[nH]ccnc1NC1CCC(O)CC1. The lowest BCUT2D eigenvalue weighted by Gasteiger charge is -2.26. The van der Waals surface area contributed by atoms with Crippen LogP contribution in [0.4, 0.5) is 5.82 Å². The molecule has 5 nitrogen and oxygen atoms in total. The summed E-state index contributed by atoms with van der Waals surface area (Å²) in [6, 6.07) is 0.254. The van der Waals surface area contributed by atoms with Gasteiger partial charge in [-0.15, -0.1) is 0 Å². The third-order valence-corrected chi connectivity index (χ3v) is 2.75. The quantitative estimate of drug-likeness (QED) is 0.662. The maximum Gasteiger partial charge on any atom is 0.290 e. The van der Waals surface area contributed by atoms with Gasteiger partial charge in [0.15, 0.2) is 5.82 Å². The summed E-state index contributed by atoms with van der Waals surface area (Å²) in [5, 5.41) is 12.4. The summed E-state index contributed by atoms with van der Waals surface area (Å²) in [5.74, 6) is 0.374. The second-order valence-corrected chi connectivity index (χ2v) is 3.92. The van der Waals surface area contributed by atoms with Gasteiger partial charge in [0.1, 0.15) is 0 Å². The third-order valence-electron chi connectivity index (χ3n) is 2.75. The Bertz CT molecular complexity index is 369. The van der Waals surface area contributed by atoms with Crippen LogP contribution in [-0.4, -0.2) is 27.2 Å². The molecule has 15 heavy (non-hydrogen) atoms. The summed E-state index contributed by atoms with van der Waals surface area (Å²) >= 11 is 0. The fourth-order valence-electron chi connectivity index (χ4n) is 1.87. The van der Waals surface area contributed by atoms with Crippen LogP contribution in [0.25, 0.3) is 0 Å². The van der Waals surface area contributed by atoms with Crippen molar-refractivity contribution in [2.24, 2.45) is 0 Å². The van der Waals surface area contributed by atoms with Crippen molar-refractivity contribution in [1.29, 1.82) is 0 Å². The average Bonchev–Trinajstić information content (AvgIpc) is 2.25. The molecule has 0 aliphatic heterocycles. The topological polar surface area (TPSA) is 78.0 Å². The summed E-state index contributed by atoms with van der Waals surface area (Å²) in [5.41, 5.74) is -0.191. The lowest BCUT2D eigenvalue weighted by atomic mass is 9.93. The van der Waals surface area contributed by atoms with Crippen LogP contribution < -0.4 is 10.9 Å². The normalized spacial score (nSPS) is 26.2. The van der Waals surface area contributed by atoms with Gasteiger partial charge in [-0.05, 0) is 25.7 Å². The predicted molar refractivity (Wildman–Crippen MR) is 56.7 cm³/mol. The van der Waals surface area contributed by atoms with E-state index in [1.54, 1.807) is 6.20 Å². The molecule has 1 heterocycles. The van der Waals surface area contributed by atoms with Crippen molar-refractivity contribution in [3.8, 4) is 0 Å². The van der Waals surface area contributed by atoms with E-state index in [1.807, 2.05) is 0 Å². The van der Waals surface area contributed by atoms with Crippen molar-refractivity contribution in [1.82, 2.24) is 9.97 Å². The number of aliphatic hydroxyl groups excluding tert-OH is 1. The van der Waals surface area contributed by atoms with E-state index in [0.717, 1.165) is 25.7 Å². The largest absolute Gasteiger partial charge is 0.393 e. The molecule has 0 atom stereocenters. The zero-order valence-corrected chi connectivity index (χ0v) is 8.44. The Hall–Kier alpha value is -1.36. The predicted octanol–water partition coefficient (Wildman–Crippen LogP) is 0.485. The molecule has 0 spiro atoms. The second-order valence-electron chi connectivity index (χ2n) is 3.92. The summed E-state index contributed by atoms with van der Waals surface area (Å²) < 4.78 is 0. The standard InChI is InChI=1S/C10H15N3O2/c14-8-3-1-7(2-4-8)13-9-10(15)12-6-5-11-9/h5-8,14H,1-4H2,(H,11,13)(H,12,15). The molecule has 0 unspecified atom stereocenters. The molecule has 1 aliphatic carbocycles. The van der Waals surface area contributed by atoms with Gasteiger partial charge in [-0.2, -0.15) is 0 Å². The minimum absolute atomic E-state index is 0.176. The van der Waals surface area contributed by atoms with Crippen LogP contribution in [0.15, 0.2) is 17.2 Å². The van der Waals surface area contributed by atoms with E-state index < -0.39 is 0 Å². The number of H-pyrrole nitrogens is 1. The summed E-state index contributed by atoms with van der Waals surface area (Å²) in [4.78, 5) is 17.9. The first-order chi connectivity index (χ1) is 7.25. The number of aromatic nitrogens is 2. The zero-order valence-electron chi connectivity index (χ0n) is 8.44. The lowest BCUT2D eigenvalue weighted by molar-refractivity contribution is 0.126. The Labute approximate surface area is 87.6 Å². The van der Waals surface area contributed by atoms with E-state index in [2.05, 4.69) is 15.3 Å². The molecule has 0 bridgehead atoms. The van der Waals surface area contributed by atoms with Gasteiger partial charge >= 0.3 is 0 Å². The smallest absolute Gasteiger partial charge is 0.290 e. The maximum atomic E-state index is 11.3. The van der Waals surface area contributed by atoms with E-state index >= 15 is 0 Å². The van der Waals surface area contributed by atoms with Gasteiger partial charge in [0, 0.05) is 18.4 Å². The van der Waals surface area contributed by atoms with Gasteiger partial charge in [-0.1, -0.05) is 0 Å². The zero-order chi connectivity index (χ0) is 10.7. The van der Waals surface area contributed by atoms with E-state index in [9.17, 15) is 9.90 Å². The Kier molecular flexibility index (Phi) is 3.01. The Morgan fingerprint density at radius 2 is 2.13 bits per heavy atom. The van der Waals surface area contributed by atoms with Crippen LogP contribution >= 0.6 is 0 Å². The number of aliphatic hydroxyl groups is 1. The Balaban J connectivity index is 1.98. The van der Waals surface area contributed by atoms with Crippen molar-refractivity contribution in [2.45, 2.75) is 37.8 Å². The van der Waals surface area contributed by atoms with Crippen LogP contribution in [0.1, 0.15) is 25.7 Å². The Morgan fingerprint density at radius 1 is 1.40 bits per heavy atom. The molecule has 0 saturated heterocycles. The third kappa shape index (κ3) is 2.56. The molecule has 0 aromatic carbocycles. The van der Waals surface area contributed by atoms with Crippen LogP contribution in [0.5, 0.6) is 0 Å². The minimum Gasteiger partial charge on any atom is -0.393 e. The molecule has 1 fully saturated rings. The summed E-state index contributed by atoms with van der Waals surface area (Å²) in [7, 11) is 0. The number of anilines is 1. The highest BCUT2D eigenvalue weighted by molar-refractivity contribution is 5.31. The average molecular weight is 209 g/mol. The molecular formula is C10H15N3O2. The van der Waals surface area contributed by atoms with Crippen LogP contribution in [0.3, 0.4) is 0 Å². The molecule has 82 valence electrons. The monoisotopic (exact) mass is 209 g/mol. The van der Waals surface area contributed by atoms with Gasteiger partial charge in [-0.25, -0.2) is 4.98 Å². The highest BCUT2D eigenvalue weighted by atomic mass is 16.3. The highest BCUT2D eigenvalue weighted by Gasteiger charge is 2.19. The summed E-state index contributed by atoms with van der Waals surface area (Å²) in [6.07, 6.45) is 6.25. The fraction of sp³-hybridized carbons (Fsp3) is 0.600. The number of rotatable bonds is 2. The van der Waals surface area contributed by atoms with Gasteiger partial charge in [0.05, 0.1) is 6.10 Å². The van der Waals surface area contributed by atoms with Crippen molar-refractivity contribution >= 4 is 5.82 Å². The second kappa shape index (κ2) is 4.44. The van der Waals surface area contributed by atoms with Gasteiger partial charge in [0.2, 0.25) is 0 Å². The molecule has 1 aliphatic rings. The fourth-order valence-corrected chi connectivity index (χ4v) is 1.87. The highest BCUT2D eigenvalue weighted by Crippen LogP contribution is 2.20. The number of nitrogens with one attached hydrogen (secondary N) is 2. The van der Waals surface area contributed by atoms with E-state index in [-0.39, 0.29) is 17.7 Å². The molecule has 1 aromatic heterocycles. The van der Waals surface area contributed by atoms with Crippen LogP contribution in [0, 0.1) is 0 Å². The molecule has 0 amide bonds. The van der Waals surface area contributed by atoms with Crippen molar-refractivity contribution in [3.05, 3.63) is 22.7 Å². The van der Waals surface area contributed by atoms with E-state index in [4.69, 9.17) is 0 Å². The van der Waals surface area contributed by atoms with Crippen molar-refractivity contribution in [3.63, 3.8) is 0 Å². The first-order valence-electron chi connectivity index (χ1n) is 5.24. The van der Waals surface area contributed by atoms with Gasteiger partial charge in [-0.3, -0.25) is 4.79 Å². The van der Waals surface area contributed by atoms with Crippen molar-refractivity contribution < 1.29 is 5.11 Å². The number of hydrogen-bond donors (Lipinski definition) is 3. The van der Waals surface area contributed by atoms with Gasteiger partial charge < -0.3 is 15.4 Å². The van der Waals surface area contributed by atoms with Crippen LogP contribution in [0.2, 0.25) is 0 Å². The van der Waals surface area contributed by atoms with Gasteiger partial charge in [0.25, 0.3) is 5.56 Å². The first-order valence-corrected chi connectivity index (χ1v) is 5.24. The number of aromatic amines is 1. The van der Waals surface area contributed by atoms with Crippen molar-refractivity contribution in [2.75, 3.05) is 5.32 Å². The van der Waals surface area contributed by atoms with Crippen LogP contribution in [-0.2, 0) is 0 Å². The Morgan fingerprint density at radius 3 is 2.80 bits per heavy atom. The molecule has 5 heteroatoms. The van der Waals surface area contributed by atoms with E-state index in [0.29, 0.717) is 5.82 Å². The van der Waals surface area contributed by atoms with E-state index in [1.165, 1.54) is 6.20 Å². The summed E-state index contributed by atoms with van der Waals surface area (Å²) in [6.45, 7) is 0. The molecular weight excluding hydrogens is 194 g/mol. The molecule has 0 radical (unpaired) electrons. The molecule has 1 saturated carbocycles. The minimum atomic E-state index is -0.191. The first kappa shape index (κ1) is 10.2. The lowest BCUT2D eigenvalue weighted by Crippen LogP contribution is -2.31. The molecule has 2 rings (SSSR count). The molecule has 1 aromatic rings.